The van der Waals surface area contributed by atoms with E-state index in [-0.39, 0.29) is 12.4 Å². The van der Waals surface area contributed by atoms with Gasteiger partial charge >= 0.3 is 0 Å². The molecule has 3 N–H and O–H groups in total. The maximum atomic E-state index is 5.94. The zero-order valence-corrected chi connectivity index (χ0v) is 10.8. The zero-order chi connectivity index (χ0) is 11.5. The number of nitrogens with two attached hydrogens (primary N) is 1. The molecule has 2 rings (SSSR count). The van der Waals surface area contributed by atoms with E-state index in [1.165, 1.54) is 0 Å². The molecule has 0 saturated carbocycles. The van der Waals surface area contributed by atoms with Crippen LogP contribution in [0.1, 0.15) is 5.69 Å². The third-order valence-electron chi connectivity index (χ3n) is 2.27. The van der Waals surface area contributed by atoms with Gasteiger partial charge < -0.3 is 10.5 Å². The van der Waals surface area contributed by atoms with Crippen molar-refractivity contribution in [3.8, 4) is 11.1 Å². The van der Waals surface area contributed by atoms with Crippen molar-refractivity contribution in [2.24, 2.45) is 0 Å². The van der Waals surface area contributed by atoms with Crippen LogP contribution in [0.4, 0.5) is 5.82 Å². The van der Waals surface area contributed by atoms with Crippen LogP contribution in [0.2, 0.25) is 5.02 Å². The fraction of sp³-hybridized carbons (Fsp3) is 0.182. The van der Waals surface area contributed by atoms with E-state index in [2.05, 4.69) is 10.2 Å². The molecule has 0 saturated heterocycles. The molecule has 6 heteroatoms. The van der Waals surface area contributed by atoms with E-state index in [4.69, 9.17) is 22.1 Å². The highest BCUT2D eigenvalue weighted by atomic mass is 35.5. The summed E-state index contributed by atoms with van der Waals surface area (Å²) in [6.45, 7) is 0.437. The number of methoxy groups -OCH3 is 1. The summed E-state index contributed by atoms with van der Waals surface area (Å²) in [7, 11) is 1.62. The first-order valence-electron chi connectivity index (χ1n) is 4.80. The highest BCUT2D eigenvalue weighted by Gasteiger charge is 2.12. The summed E-state index contributed by atoms with van der Waals surface area (Å²) in [6, 6.07) is 7.48. The number of H-pyrrole nitrogens is 1. The third-order valence-corrected chi connectivity index (χ3v) is 2.51. The number of ether oxygens (including phenoxy) is 1. The lowest BCUT2D eigenvalue weighted by Crippen LogP contribution is -1.92. The van der Waals surface area contributed by atoms with E-state index >= 15 is 0 Å². The Labute approximate surface area is 111 Å². The molecule has 1 aromatic heterocycles. The molecule has 0 spiro atoms. The molecule has 17 heavy (non-hydrogen) atoms. The van der Waals surface area contributed by atoms with Crippen LogP contribution in [0.5, 0.6) is 0 Å². The van der Waals surface area contributed by atoms with Crippen LogP contribution in [0, 0.1) is 0 Å². The first-order chi connectivity index (χ1) is 7.72. The normalized spacial score (nSPS) is 10.0. The molecule has 0 amide bonds. The number of hydrogen-bond donors (Lipinski definition) is 2. The smallest absolute Gasteiger partial charge is 0.153 e. The number of aromatic nitrogens is 2. The van der Waals surface area contributed by atoms with Gasteiger partial charge in [0, 0.05) is 17.7 Å². The molecule has 0 fully saturated rings. The van der Waals surface area contributed by atoms with E-state index in [1.807, 2.05) is 24.3 Å². The van der Waals surface area contributed by atoms with E-state index in [1.54, 1.807) is 7.11 Å². The summed E-state index contributed by atoms with van der Waals surface area (Å²) in [6.07, 6.45) is 0. The van der Waals surface area contributed by atoms with Gasteiger partial charge in [0.25, 0.3) is 0 Å². The summed E-state index contributed by atoms with van der Waals surface area (Å²) in [5.41, 5.74) is 8.45. The number of nitrogens with one attached hydrogen (secondary N) is 1. The van der Waals surface area contributed by atoms with Crippen LogP contribution in [-0.4, -0.2) is 17.3 Å². The number of nitrogens with zero attached hydrogens (tertiary/aromatic N) is 1. The monoisotopic (exact) mass is 273 g/mol. The lowest BCUT2D eigenvalue weighted by atomic mass is 10.1. The molecular weight excluding hydrogens is 261 g/mol. The number of nitrogen functional groups attached to an aromatic ring is 1. The number of anilines is 1. The fourth-order valence-corrected chi connectivity index (χ4v) is 1.80. The van der Waals surface area contributed by atoms with Gasteiger partial charge in [0.2, 0.25) is 0 Å². The SMILES string of the molecule is COCc1[nH]nc(N)c1-c1cccc(Cl)c1.Cl. The van der Waals surface area contributed by atoms with Crippen LogP contribution in [0.15, 0.2) is 24.3 Å². The Kier molecular flexibility index (Phi) is 4.81. The second-order valence-electron chi connectivity index (χ2n) is 3.41. The Bertz CT molecular complexity index is 499. The molecule has 92 valence electrons. The van der Waals surface area contributed by atoms with Crippen LogP contribution in [-0.2, 0) is 11.3 Å². The van der Waals surface area contributed by atoms with Crippen LogP contribution >= 0.6 is 24.0 Å². The van der Waals surface area contributed by atoms with Crippen molar-refractivity contribution >= 4 is 29.8 Å². The summed E-state index contributed by atoms with van der Waals surface area (Å²) in [5, 5.41) is 7.49. The standard InChI is InChI=1S/C11H12ClN3O.ClH/c1-16-6-9-10(11(13)15-14-9)7-3-2-4-8(12)5-7;/h2-5H,6H2,1H3,(H3,13,14,15);1H. The first-order valence-corrected chi connectivity index (χ1v) is 5.17. The Morgan fingerprint density at radius 2 is 2.24 bits per heavy atom. The van der Waals surface area contributed by atoms with E-state index in [9.17, 15) is 0 Å². The predicted octanol–water partition coefficient (Wildman–Crippen LogP) is 2.88. The van der Waals surface area contributed by atoms with Crippen molar-refractivity contribution in [3.63, 3.8) is 0 Å². The Hall–Kier alpha value is -1.23. The van der Waals surface area contributed by atoms with Crippen molar-refractivity contribution in [1.82, 2.24) is 10.2 Å². The van der Waals surface area contributed by atoms with Crippen LogP contribution in [0.25, 0.3) is 11.1 Å². The molecule has 4 nitrogen and oxygen atoms in total. The van der Waals surface area contributed by atoms with Gasteiger partial charge in [-0.3, -0.25) is 5.10 Å². The number of halogens is 2. The minimum atomic E-state index is 0. The first kappa shape index (κ1) is 13.8. The van der Waals surface area contributed by atoms with Gasteiger partial charge in [-0.2, -0.15) is 5.10 Å². The van der Waals surface area contributed by atoms with Crippen molar-refractivity contribution in [1.29, 1.82) is 0 Å². The molecular formula is C11H13Cl2N3O. The molecule has 0 aliphatic carbocycles. The van der Waals surface area contributed by atoms with Crippen molar-refractivity contribution < 1.29 is 4.74 Å². The van der Waals surface area contributed by atoms with Gasteiger partial charge in [-0.25, -0.2) is 0 Å². The van der Waals surface area contributed by atoms with Crippen molar-refractivity contribution in [2.45, 2.75) is 6.61 Å². The van der Waals surface area contributed by atoms with Crippen molar-refractivity contribution in [3.05, 3.63) is 35.0 Å². The third kappa shape index (κ3) is 2.91. The van der Waals surface area contributed by atoms with Gasteiger partial charge in [-0.15, -0.1) is 12.4 Å². The molecule has 0 atom stereocenters. The highest BCUT2D eigenvalue weighted by molar-refractivity contribution is 6.30. The Morgan fingerprint density at radius 1 is 1.47 bits per heavy atom. The van der Waals surface area contributed by atoms with Gasteiger partial charge in [0.15, 0.2) is 5.82 Å². The number of aromatic amines is 1. The van der Waals surface area contributed by atoms with E-state index < -0.39 is 0 Å². The maximum absolute atomic E-state index is 5.94. The quantitative estimate of drug-likeness (QED) is 0.904. The summed E-state index contributed by atoms with van der Waals surface area (Å²) >= 11 is 5.94. The minimum Gasteiger partial charge on any atom is -0.382 e. The van der Waals surface area contributed by atoms with E-state index in [0.29, 0.717) is 17.4 Å². The predicted molar refractivity (Wildman–Crippen MR) is 71.4 cm³/mol. The van der Waals surface area contributed by atoms with Gasteiger partial charge in [0.1, 0.15) is 0 Å². The van der Waals surface area contributed by atoms with Crippen LogP contribution in [0.3, 0.4) is 0 Å². The largest absolute Gasteiger partial charge is 0.382 e. The molecule has 0 aliphatic heterocycles. The summed E-state index contributed by atoms with van der Waals surface area (Å²) < 4.78 is 5.07. The van der Waals surface area contributed by atoms with Crippen LogP contribution < -0.4 is 5.73 Å². The second-order valence-corrected chi connectivity index (χ2v) is 3.84. The average Bonchev–Trinajstić information content (AvgIpc) is 2.60. The lowest BCUT2D eigenvalue weighted by molar-refractivity contribution is 0.182. The molecule has 1 aromatic carbocycles. The lowest BCUT2D eigenvalue weighted by Gasteiger charge is -2.04. The van der Waals surface area contributed by atoms with E-state index in [0.717, 1.165) is 16.8 Å². The molecule has 2 aromatic rings. The minimum absolute atomic E-state index is 0. The van der Waals surface area contributed by atoms with Gasteiger partial charge in [0.05, 0.1) is 12.3 Å². The molecule has 0 radical (unpaired) electrons. The zero-order valence-electron chi connectivity index (χ0n) is 9.24. The molecule has 1 heterocycles. The van der Waals surface area contributed by atoms with Crippen molar-refractivity contribution in [2.75, 3.05) is 12.8 Å². The van der Waals surface area contributed by atoms with Gasteiger partial charge in [-0.05, 0) is 17.7 Å². The Morgan fingerprint density at radius 3 is 2.88 bits per heavy atom. The summed E-state index contributed by atoms with van der Waals surface area (Å²) in [5.74, 6) is 0.453. The molecule has 0 unspecified atom stereocenters. The molecule has 0 aliphatic rings. The fourth-order valence-electron chi connectivity index (χ4n) is 1.61. The average molecular weight is 274 g/mol. The number of rotatable bonds is 3. The molecule has 0 bridgehead atoms. The number of benzene rings is 1. The highest BCUT2D eigenvalue weighted by Crippen LogP contribution is 2.29. The topological polar surface area (TPSA) is 63.9 Å². The van der Waals surface area contributed by atoms with Gasteiger partial charge in [-0.1, -0.05) is 23.7 Å². The number of hydrogen-bond acceptors (Lipinski definition) is 3. The second kappa shape index (κ2) is 5.91. The Balaban J connectivity index is 0.00000144. The maximum Gasteiger partial charge on any atom is 0.153 e. The summed E-state index contributed by atoms with van der Waals surface area (Å²) in [4.78, 5) is 0.